The SMILES string of the molecule is Cc1ccc(C(C)NC2CCC(C)C2C)c(O)c1. The van der Waals surface area contributed by atoms with Gasteiger partial charge in [0.05, 0.1) is 0 Å². The second-order valence-electron chi connectivity index (χ2n) is 5.97. The predicted octanol–water partition coefficient (Wildman–Crippen LogP) is 3.79. The van der Waals surface area contributed by atoms with Gasteiger partial charge in [0.25, 0.3) is 0 Å². The highest BCUT2D eigenvalue weighted by molar-refractivity contribution is 5.37. The zero-order chi connectivity index (χ0) is 13.3. The summed E-state index contributed by atoms with van der Waals surface area (Å²) in [5.41, 5.74) is 2.11. The number of aromatic hydroxyl groups is 1. The van der Waals surface area contributed by atoms with E-state index < -0.39 is 0 Å². The molecule has 4 unspecified atom stereocenters. The van der Waals surface area contributed by atoms with Gasteiger partial charge in [-0.3, -0.25) is 0 Å². The lowest BCUT2D eigenvalue weighted by Gasteiger charge is -2.25. The first-order valence-corrected chi connectivity index (χ1v) is 7.04. The quantitative estimate of drug-likeness (QED) is 0.852. The van der Waals surface area contributed by atoms with Gasteiger partial charge in [0.1, 0.15) is 5.75 Å². The molecule has 1 aromatic carbocycles. The summed E-state index contributed by atoms with van der Waals surface area (Å²) < 4.78 is 0. The molecule has 100 valence electrons. The molecule has 0 spiro atoms. The fourth-order valence-electron chi connectivity index (χ4n) is 3.03. The predicted molar refractivity (Wildman–Crippen MR) is 75.7 cm³/mol. The second kappa shape index (κ2) is 5.31. The van der Waals surface area contributed by atoms with Crippen molar-refractivity contribution in [3.8, 4) is 5.75 Å². The molecular weight excluding hydrogens is 222 g/mol. The molecule has 1 aliphatic rings. The monoisotopic (exact) mass is 247 g/mol. The lowest BCUT2D eigenvalue weighted by atomic mass is 9.96. The third-order valence-corrected chi connectivity index (χ3v) is 4.58. The van der Waals surface area contributed by atoms with Crippen molar-refractivity contribution in [3.63, 3.8) is 0 Å². The van der Waals surface area contributed by atoms with Crippen LogP contribution in [0.5, 0.6) is 5.75 Å². The number of aryl methyl sites for hydroxylation is 1. The maximum absolute atomic E-state index is 10.0. The van der Waals surface area contributed by atoms with Crippen LogP contribution in [0.3, 0.4) is 0 Å². The van der Waals surface area contributed by atoms with Gasteiger partial charge in [0, 0.05) is 17.6 Å². The van der Waals surface area contributed by atoms with Crippen molar-refractivity contribution in [1.29, 1.82) is 0 Å². The van der Waals surface area contributed by atoms with Crippen LogP contribution in [0.15, 0.2) is 18.2 Å². The van der Waals surface area contributed by atoms with Crippen LogP contribution in [0.4, 0.5) is 0 Å². The molecule has 2 heteroatoms. The topological polar surface area (TPSA) is 32.3 Å². The van der Waals surface area contributed by atoms with E-state index in [9.17, 15) is 5.11 Å². The van der Waals surface area contributed by atoms with Gasteiger partial charge >= 0.3 is 0 Å². The Morgan fingerprint density at radius 3 is 2.56 bits per heavy atom. The van der Waals surface area contributed by atoms with Crippen LogP contribution in [0, 0.1) is 18.8 Å². The summed E-state index contributed by atoms with van der Waals surface area (Å²) in [6.07, 6.45) is 2.56. The molecule has 18 heavy (non-hydrogen) atoms. The number of hydrogen-bond acceptors (Lipinski definition) is 2. The van der Waals surface area contributed by atoms with E-state index in [-0.39, 0.29) is 6.04 Å². The van der Waals surface area contributed by atoms with Crippen LogP contribution in [0.25, 0.3) is 0 Å². The number of hydrogen-bond donors (Lipinski definition) is 2. The molecule has 0 amide bonds. The maximum atomic E-state index is 10.0. The smallest absolute Gasteiger partial charge is 0.120 e. The molecular formula is C16H25NO. The van der Waals surface area contributed by atoms with Gasteiger partial charge in [0.2, 0.25) is 0 Å². The van der Waals surface area contributed by atoms with Crippen molar-refractivity contribution >= 4 is 0 Å². The van der Waals surface area contributed by atoms with E-state index in [4.69, 9.17) is 0 Å². The van der Waals surface area contributed by atoms with Crippen molar-refractivity contribution in [2.75, 3.05) is 0 Å². The first-order valence-electron chi connectivity index (χ1n) is 7.04. The number of phenolic OH excluding ortho intramolecular Hbond substituents is 1. The van der Waals surface area contributed by atoms with E-state index in [0.717, 1.165) is 23.0 Å². The molecule has 0 heterocycles. The average Bonchev–Trinajstić information content (AvgIpc) is 2.61. The number of benzene rings is 1. The standard InChI is InChI=1S/C16H25NO/c1-10-5-7-14(16(18)9-10)13(4)17-15-8-6-11(2)12(15)3/h5,7,9,11-13,15,17-18H,6,8H2,1-4H3. The Bertz CT molecular complexity index is 416. The minimum atomic E-state index is 0.211. The van der Waals surface area contributed by atoms with Gasteiger partial charge in [-0.05, 0) is 50.2 Å². The average molecular weight is 247 g/mol. The van der Waals surface area contributed by atoms with Gasteiger partial charge in [0.15, 0.2) is 0 Å². The molecule has 1 aliphatic carbocycles. The molecule has 1 saturated carbocycles. The van der Waals surface area contributed by atoms with Crippen LogP contribution < -0.4 is 5.32 Å². The Morgan fingerprint density at radius 1 is 1.28 bits per heavy atom. The first kappa shape index (κ1) is 13.4. The Balaban J connectivity index is 2.05. The Hall–Kier alpha value is -1.02. The van der Waals surface area contributed by atoms with E-state index in [1.54, 1.807) is 0 Å². The molecule has 4 atom stereocenters. The first-order chi connectivity index (χ1) is 8.49. The summed E-state index contributed by atoms with van der Waals surface area (Å²) in [6.45, 7) is 8.81. The molecule has 0 saturated heterocycles. The molecule has 1 fully saturated rings. The maximum Gasteiger partial charge on any atom is 0.120 e. The minimum absolute atomic E-state index is 0.211. The van der Waals surface area contributed by atoms with Gasteiger partial charge < -0.3 is 10.4 Å². The third kappa shape index (κ3) is 2.69. The highest BCUT2D eigenvalue weighted by atomic mass is 16.3. The van der Waals surface area contributed by atoms with E-state index >= 15 is 0 Å². The van der Waals surface area contributed by atoms with Crippen LogP contribution in [-0.4, -0.2) is 11.1 Å². The Labute approximate surface area is 110 Å². The molecule has 2 rings (SSSR count). The van der Waals surface area contributed by atoms with Crippen molar-refractivity contribution in [2.24, 2.45) is 11.8 Å². The highest BCUT2D eigenvalue weighted by Crippen LogP contribution is 2.33. The van der Waals surface area contributed by atoms with Crippen molar-refractivity contribution in [3.05, 3.63) is 29.3 Å². The van der Waals surface area contributed by atoms with Gasteiger partial charge in [-0.1, -0.05) is 26.0 Å². The van der Waals surface area contributed by atoms with E-state index in [2.05, 4.69) is 32.2 Å². The van der Waals surface area contributed by atoms with Gasteiger partial charge in [-0.2, -0.15) is 0 Å². The second-order valence-corrected chi connectivity index (χ2v) is 5.97. The van der Waals surface area contributed by atoms with Crippen molar-refractivity contribution in [1.82, 2.24) is 5.32 Å². The summed E-state index contributed by atoms with van der Waals surface area (Å²) in [5, 5.41) is 13.7. The third-order valence-electron chi connectivity index (χ3n) is 4.58. The van der Waals surface area contributed by atoms with Crippen LogP contribution >= 0.6 is 0 Å². The van der Waals surface area contributed by atoms with Crippen molar-refractivity contribution < 1.29 is 5.11 Å². The number of phenols is 1. The number of rotatable bonds is 3. The fraction of sp³-hybridized carbons (Fsp3) is 0.625. The number of nitrogens with one attached hydrogen (secondary N) is 1. The minimum Gasteiger partial charge on any atom is -0.508 e. The summed E-state index contributed by atoms with van der Waals surface area (Å²) in [7, 11) is 0. The molecule has 0 bridgehead atoms. The van der Waals surface area contributed by atoms with Gasteiger partial charge in [-0.15, -0.1) is 0 Å². The van der Waals surface area contributed by atoms with Crippen LogP contribution in [-0.2, 0) is 0 Å². The highest BCUT2D eigenvalue weighted by Gasteiger charge is 2.30. The van der Waals surface area contributed by atoms with Gasteiger partial charge in [-0.25, -0.2) is 0 Å². The Kier molecular flexibility index (Phi) is 3.96. The molecule has 0 radical (unpaired) electrons. The Morgan fingerprint density at radius 2 is 2.00 bits per heavy atom. The molecule has 0 aromatic heterocycles. The van der Waals surface area contributed by atoms with Crippen LogP contribution in [0.2, 0.25) is 0 Å². The molecule has 2 N–H and O–H groups in total. The fourth-order valence-corrected chi connectivity index (χ4v) is 3.03. The zero-order valence-corrected chi connectivity index (χ0v) is 11.9. The van der Waals surface area contributed by atoms with E-state index in [1.807, 2.05) is 19.1 Å². The summed E-state index contributed by atoms with van der Waals surface area (Å²) in [6, 6.07) is 6.73. The molecule has 0 aliphatic heterocycles. The lowest BCUT2D eigenvalue weighted by Crippen LogP contribution is -2.34. The molecule has 1 aromatic rings. The van der Waals surface area contributed by atoms with Crippen molar-refractivity contribution in [2.45, 2.75) is 52.6 Å². The molecule has 2 nitrogen and oxygen atoms in total. The normalized spacial score (nSPS) is 29.4. The van der Waals surface area contributed by atoms with E-state index in [0.29, 0.717) is 11.8 Å². The summed E-state index contributed by atoms with van der Waals surface area (Å²) in [5.74, 6) is 1.94. The largest absolute Gasteiger partial charge is 0.508 e. The summed E-state index contributed by atoms with van der Waals surface area (Å²) >= 11 is 0. The van der Waals surface area contributed by atoms with E-state index in [1.165, 1.54) is 12.8 Å². The lowest BCUT2D eigenvalue weighted by molar-refractivity contribution is 0.342. The van der Waals surface area contributed by atoms with Crippen LogP contribution in [0.1, 0.15) is 50.8 Å². The zero-order valence-electron chi connectivity index (χ0n) is 11.9. The summed E-state index contributed by atoms with van der Waals surface area (Å²) in [4.78, 5) is 0.